The fourth-order valence-electron chi connectivity index (χ4n) is 3.26. The zero-order valence-corrected chi connectivity index (χ0v) is 16.4. The fraction of sp³-hybridized carbons (Fsp3) is 0.286. The Bertz CT molecular complexity index is 969. The number of hydrogen-bond acceptors (Lipinski definition) is 6. The van der Waals surface area contributed by atoms with E-state index in [9.17, 15) is 4.79 Å². The highest BCUT2D eigenvalue weighted by Crippen LogP contribution is 2.25. The molecular formula is C21H21N3O3S. The Balaban J connectivity index is 1.28. The first-order valence-electron chi connectivity index (χ1n) is 9.19. The highest BCUT2D eigenvalue weighted by molar-refractivity contribution is 7.99. The van der Waals surface area contributed by atoms with Gasteiger partial charge in [0.05, 0.1) is 19.3 Å². The molecule has 7 heteroatoms. The molecule has 4 rings (SSSR count). The largest absolute Gasteiger partial charge is 0.497 e. The van der Waals surface area contributed by atoms with Crippen LogP contribution in [0.15, 0.2) is 52.1 Å². The molecule has 0 fully saturated rings. The van der Waals surface area contributed by atoms with Crippen LogP contribution < -0.4 is 10.1 Å². The van der Waals surface area contributed by atoms with Gasteiger partial charge in [0.15, 0.2) is 0 Å². The lowest BCUT2D eigenvalue weighted by atomic mass is 10.1. The quantitative estimate of drug-likeness (QED) is 0.612. The molecule has 0 spiro atoms. The van der Waals surface area contributed by atoms with Crippen molar-refractivity contribution in [1.82, 2.24) is 10.2 Å². The summed E-state index contributed by atoms with van der Waals surface area (Å²) in [5.74, 6) is 1.46. The third-order valence-corrected chi connectivity index (χ3v) is 5.49. The first-order chi connectivity index (χ1) is 13.7. The minimum atomic E-state index is -0.0853. The van der Waals surface area contributed by atoms with Gasteiger partial charge in [-0.15, -0.1) is 10.2 Å². The first kappa shape index (κ1) is 18.6. The Kier molecular flexibility index (Phi) is 5.62. The van der Waals surface area contributed by atoms with Crippen LogP contribution in [0.4, 0.5) is 5.69 Å². The number of anilines is 1. The second-order valence-electron chi connectivity index (χ2n) is 6.66. The molecule has 28 heavy (non-hydrogen) atoms. The van der Waals surface area contributed by atoms with Crippen molar-refractivity contribution in [2.75, 3.05) is 18.2 Å². The summed E-state index contributed by atoms with van der Waals surface area (Å²) >= 11 is 1.24. The van der Waals surface area contributed by atoms with E-state index in [4.69, 9.17) is 9.15 Å². The van der Waals surface area contributed by atoms with E-state index in [2.05, 4.69) is 27.6 Å². The van der Waals surface area contributed by atoms with Crippen LogP contribution in [0, 0.1) is 0 Å². The van der Waals surface area contributed by atoms with Gasteiger partial charge in [0.1, 0.15) is 5.75 Å². The van der Waals surface area contributed by atoms with Crippen LogP contribution in [0.5, 0.6) is 5.75 Å². The number of carbonyl (C=O) groups is 1. The number of hydrogen-bond donors (Lipinski definition) is 1. The highest BCUT2D eigenvalue weighted by atomic mass is 32.2. The molecule has 1 aliphatic rings. The Morgan fingerprint density at radius 3 is 2.79 bits per heavy atom. The van der Waals surface area contributed by atoms with Crippen LogP contribution in [0.1, 0.15) is 29.0 Å². The second-order valence-corrected chi connectivity index (χ2v) is 7.59. The summed E-state index contributed by atoms with van der Waals surface area (Å²) < 4.78 is 10.8. The zero-order chi connectivity index (χ0) is 19.3. The van der Waals surface area contributed by atoms with E-state index >= 15 is 0 Å². The lowest BCUT2D eigenvalue weighted by Gasteiger charge is -2.06. The molecule has 0 saturated carbocycles. The number of nitrogens with one attached hydrogen (secondary N) is 1. The monoisotopic (exact) mass is 395 g/mol. The van der Waals surface area contributed by atoms with Gasteiger partial charge in [-0.25, -0.2) is 0 Å². The molecule has 1 aliphatic carbocycles. The molecule has 0 atom stereocenters. The fourth-order valence-corrected chi connectivity index (χ4v) is 3.84. The number of methoxy groups -OCH3 is 1. The van der Waals surface area contributed by atoms with Crippen molar-refractivity contribution < 1.29 is 13.9 Å². The average Bonchev–Trinajstić information content (AvgIpc) is 3.36. The van der Waals surface area contributed by atoms with Crippen molar-refractivity contribution in [3.05, 3.63) is 65.0 Å². The minimum Gasteiger partial charge on any atom is -0.497 e. The summed E-state index contributed by atoms with van der Waals surface area (Å²) in [5.41, 5.74) is 4.63. The number of carbonyl (C=O) groups excluding carboxylic acids is 1. The molecule has 144 valence electrons. The van der Waals surface area contributed by atoms with Gasteiger partial charge in [-0.3, -0.25) is 4.79 Å². The summed E-state index contributed by atoms with van der Waals surface area (Å²) in [5, 5.41) is 11.4. The van der Waals surface area contributed by atoms with Gasteiger partial charge in [0.25, 0.3) is 5.22 Å². The minimum absolute atomic E-state index is 0.0853. The molecule has 0 radical (unpaired) electrons. The molecule has 3 aromatic rings. The number of nitrogens with zero attached hydrogens (tertiary/aromatic N) is 2. The van der Waals surface area contributed by atoms with E-state index in [0.717, 1.165) is 29.8 Å². The SMILES string of the molecule is COc1ccc(Cc2nnc(SCC(=O)Nc3ccc4c(c3)CCC4)o2)cc1. The van der Waals surface area contributed by atoms with Crippen molar-refractivity contribution in [1.29, 1.82) is 0 Å². The van der Waals surface area contributed by atoms with Crippen LogP contribution in [0.2, 0.25) is 0 Å². The Morgan fingerprint density at radius 1 is 1.14 bits per heavy atom. The lowest BCUT2D eigenvalue weighted by Crippen LogP contribution is -2.14. The van der Waals surface area contributed by atoms with Gasteiger partial charge < -0.3 is 14.5 Å². The molecule has 0 saturated heterocycles. The molecule has 1 aromatic heterocycles. The summed E-state index contributed by atoms with van der Waals surface area (Å²) in [6, 6.07) is 13.8. The number of amides is 1. The summed E-state index contributed by atoms with van der Waals surface area (Å²) in [4.78, 5) is 12.2. The van der Waals surface area contributed by atoms with Crippen LogP contribution in [-0.4, -0.2) is 29.0 Å². The third kappa shape index (κ3) is 4.54. The second kappa shape index (κ2) is 8.48. The van der Waals surface area contributed by atoms with Crippen LogP contribution in [-0.2, 0) is 24.1 Å². The van der Waals surface area contributed by atoms with Gasteiger partial charge in [-0.1, -0.05) is 30.0 Å². The smallest absolute Gasteiger partial charge is 0.277 e. The predicted molar refractivity (Wildman–Crippen MR) is 108 cm³/mol. The number of thioether (sulfide) groups is 1. The van der Waals surface area contributed by atoms with Crippen LogP contribution >= 0.6 is 11.8 Å². The normalized spacial score (nSPS) is 12.6. The van der Waals surface area contributed by atoms with E-state index in [1.54, 1.807) is 7.11 Å². The maximum Gasteiger partial charge on any atom is 0.277 e. The molecule has 1 amide bonds. The van der Waals surface area contributed by atoms with Gasteiger partial charge >= 0.3 is 0 Å². The standard InChI is InChI=1S/C21H21N3O3S/c1-26-18-9-5-14(6-10-18)11-20-23-24-21(27-20)28-13-19(25)22-17-8-7-15-3-2-4-16(15)12-17/h5-10,12H,2-4,11,13H2,1H3,(H,22,25). The number of aromatic nitrogens is 2. The van der Waals surface area contributed by atoms with Crippen LogP contribution in [0.3, 0.4) is 0 Å². The maximum absolute atomic E-state index is 12.2. The molecular weight excluding hydrogens is 374 g/mol. The summed E-state index contributed by atoms with van der Waals surface area (Å²) in [6.45, 7) is 0. The first-order valence-corrected chi connectivity index (χ1v) is 10.2. The van der Waals surface area contributed by atoms with Gasteiger partial charge in [-0.2, -0.15) is 0 Å². The Labute approximate surface area is 167 Å². The van der Waals surface area contributed by atoms with E-state index in [0.29, 0.717) is 17.5 Å². The molecule has 1 N–H and O–H groups in total. The van der Waals surface area contributed by atoms with Gasteiger partial charge in [0.2, 0.25) is 11.8 Å². The highest BCUT2D eigenvalue weighted by Gasteiger charge is 2.13. The van der Waals surface area contributed by atoms with Crippen molar-refractivity contribution in [2.45, 2.75) is 30.9 Å². The maximum atomic E-state index is 12.2. The van der Waals surface area contributed by atoms with Crippen molar-refractivity contribution in [3.63, 3.8) is 0 Å². The summed E-state index contributed by atoms with van der Waals surface area (Å²) in [6.07, 6.45) is 3.96. The van der Waals surface area contributed by atoms with E-state index in [1.165, 1.54) is 29.3 Å². The zero-order valence-electron chi connectivity index (χ0n) is 15.6. The topological polar surface area (TPSA) is 77.2 Å². The lowest BCUT2D eigenvalue weighted by molar-refractivity contribution is -0.113. The predicted octanol–water partition coefficient (Wildman–Crippen LogP) is 3.89. The number of fused-ring (bicyclic) bond motifs is 1. The van der Waals surface area contributed by atoms with E-state index < -0.39 is 0 Å². The molecule has 1 heterocycles. The number of aryl methyl sites for hydroxylation is 2. The van der Waals surface area contributed by atoms with E-state index in [-0.39, 0.29) is 11.7 Å². The van der Waals surface area contributed by atoms with Crippen molar-refractivity contribution in [3.8, 4) is 5.75 Å². The van der Waals surface area contributed by atoms with Crippen LogP contribution in [0.25, 0.3) is 0 Å². The number of ether oxygens (including phenoxy) is 1. The van der Waals surface area contributed by atoms with Gasteiger partial charge in [0, 0.05) is 5.69 Å². The molecule has 0 unspecified atom stereocenters. The molecule has 2 aromatic carbocycles. The molecule has 0 aliphatic heterocycles. The van der Waals surface area contributed by atoms with E-state index in [1.807, 2.05) is 30.3 Å². The van der Waals surface area contributed by atoms with Gasteiger partial charge in [-0.05, 0) is 60.2 Å². The molecule has 0 bridgehead atoms. The Hall–Kier alpha value is -2.80. The van der Waals surface area contributed by atoms with Crippen molar-refractivity contribution in [2.24, 2.45) is 0 Å². The Morgan fingerprint density at radius 2 is 1.96 bits per heavy atom. The summed E-state index contributed by atoms with van der Waals surface area (Å²) in [7, 11) is 1.64. The average molecular weight is 395 g/mol. The van der Waals surface area contributed by atoms with Crippen molar-refractivity contribution >= 4 is 23.4 Å². The third-order valence-electron chi connectivity index (χ3n) is 4.67. The molecule has 6 nitrogen and oxygen atoms in total. The number of rotatable bonds is 7. The number of benzene rings is 2.